The Labute approximate surface area is 308 Å². The van der Waals surface area contributed by atoms with Gasteiger partial charge >= 0.3 is 5.97 Å². The Morgan fingerprint density at radius 1 is 0.833 bits per heavy atom. The first-order valence-corrected chi connectivity index (χ1v) is 17.1. The number of carbonyl (C=O) groups is 1. The second-order valence-electron chi connectivity index (χ2n) is 13.3. The van der Waals surface area contributed by atoms with Gasteiger partial charge in [-0.1, -0.05) is 6.08 Å². The maximum absolute atomic E-state index is 11.7. The van der Waals surface area contributed by atoms with Crippen molar-refractivity contribution >= 4 is 5.97 Å². The van der Waals surface area contributed by atoms with Gasteiger partial charge in [-0.05, 0) is 36.8 Å². The molecule has 54 heavy (non-hydrogen) atoms. The third-order valence-corrected chi connectivity index (χ3v) is 9.63. The number of rotatable bonds is 16. The van der Waals surface area contributed by atoms with E-state index in [1.165, 1.54) is 44.4 Å². The number of aliphatic hydroxyl groups is 13. The Morgan fingerprint density at radius 2 is 1.48 bits per heavy atom. The van der Waals surface area contributed by atoms with Crippen molar-refractivity contribution in [2.75, 3.05) is 33.5 Å². The molecule has 308 valence electrons. The highest BCUT2D eigenvalue weighted by Crippen LogP contribution is 2.29. The second-order valence-corrected chi connectivity index (χ2v) is 13.3. The minimum absolute atomic E-state index is 0.00379. The minimum Gasteiger partial charge on any atom is -0.465 e. The van der Waals surface area contributed by atoms with Gasteiger partial charge in [0.2, 0.25) is 6.29 Å². The highest BCUT2D eigenvalue weighted by Gasteiger charge is 2.50. The van der Waals surface area contributed by atoms with Gasteiger partial charge in [0.1, 0.15) is 85.1 Å². The maximum atomic E-state index is 11.7. The van der Waals surface area contributed by atoms with Gasteiger partial charge in [0, 0.05) is 0 Å². The summed E-state index contributed by atoms with van der Waals surface area (Å²) in [6.07, 6.45) is -25.8. The molecule has 3 aliphatic rings. The van der Waals surface area contributed by atoms with Gasteiger partial charge in [0.15, 0.2) is 6.29 Å². The van der Waals surface area contributed by atoms with Gasteiger partial charge in [-0.2, -0.15) is 0 Å². The molecular weight excluding hydrogens is 730 g/mol. The molecule has 0 amide bonds. The van der Waals surface area contributed by atoms with Gasteiger partial charge in [-0.25, -0.2) is 4.79 Å². The van der Waals surface area contributed by atoms with Crippen molar-refractivity contribution < 1.29 is 99.6 Å². The lowest BCUT2D eigenvalue weighted by Gasteiger charge is -2.46. The van der Waals surface area contributed by atoms with E-state index in [2.05, 4.69) is 10.1 Å². The van der Waals surface area contributed by atoms with E-state index in [1.54, 1.807) is 0 Å². The standard InChI is InChI=1S/C33H51NO20/c1-12-20(34-16-7-14(8-35)21(40)25(44)22(16)41)24(43)27(46)32(51-12)54-29(17(38)9-36)23(42)18(39)11-50-30-19(10-37)53-33(28(47)26(30)45)52-15-5-3-13(4-6-15)31(48)49-2/h3-7,12,16-30,32-47H,8-11H2,1-2H3. The van der Waals surface area contributed by atoms with E-state index in [4.69, 9.17) is 23.7 Å². The fourth-order valence-corrected chi connectivity index (χ4v) is 6.40. The Balaban J connectivity index is 1.37. The number of carbonyl (C=O) groups excluding carboxylic acids is 1. The molecule has 2 heterocycles. The van der Waals surface area contributed by atoms with E-state index in [-0.39, 0.29) is 16.9 Å². The number of ether oxygens (including phenoxy) is 6. The van der Waals surface area contributed by atoms with Crippen molar-refractivity contribution in [2.45, 2.75) is 117 Å². The molecule has 0 radical (unpaired) electrons. The molecule has 2 saturated heterocycles. The lowest BCUT2D eigenvalue weighted by atomic mass is 9.86. The second kappa shape index (κ2) is 19.6. The van der Waals surface area contributed by atoms with Crippen LogP contribution in [0.4, 0.5) is 0 Å². The van der Waals surface area contributed by atoms with Crippen LogP contribution in [-0.4, -0.2) is 216 Å². The number of aliphatic hydroxyl groups excluding tert-OH is 13. The zero-order valence-electron chi connectivity index (χ0n) is 29.3. The van der Waals surface area contributed by atoms with Crippen LogP contribution >= 0.6 is 0 Å². The average Bonchev–Trinajstić information content (AvgIpc) is 3.17. The molecule has 1 aromatic carbocycles. The van der Waals surface area contributed by atoms with E-state index in [0.717, 1.165) is 0 Å². The van der Waals surface area contributed by atoms with E-state index in [9.17, 15) is 71.2 Å². The van der Waals surface area contributed by atoms with Crippen molar-refractivity contribution in [2.24, 2.45) is 0 Å². The van der Waals surface area contributed by atoms with Crippen molar-refractivity contribution in [3.8, 4) is 5.75 Å². The molecule has 2 aliphatic heterocycles. The van der Waals surface area contributed by atoms with Crippen LogP contribution in [0.5, 0.6) is 5.75 Å². The third-order valence-electron chi connectivity index (χ3n) is 9.63. The Hall–Kier alpha value is -2.49. The smallest absolute Gasteiger partial charge is 0.337 e. The molecule has 14 N–H and O–H groups in total. The molecule has 21 nitrogen and oxygen atoms in total. The van der Waals surface area contributed by atoms with Crippen LogP contribution in [0.15, 0.2) is 35.9 Å². The first kappa shape index (κ1) is 44.2. The van der Waals surface area contributed by atoms with E-state index >= 15 is 0 Å². The summed E-state index contributed by atoms with van der Waals surface area (Å²) in [6, 6.07) is 3.25. The lowest BCUT2D eigenvalue weighted by molar-refractivity contribution is -0.310. The summed E-state index contributed by atoms with van der Waals surface area (Å²) in [5.74, 6) is -0.475. The predicted molar refractivity (Wildman–Crippen MR) is 176 cm³/mol. The molecule has 0 aromatic heterocycles. The molecule has 1 aromatic rings. The Kier molecular flexibility index (Phi) is 16.0. The van der Waals surface area contributed by atoms with E-state index in [0.29, 0.717) is 0 Å². The molecule has 1 aliphatic carbocycles. The third kappa shape index (κ3) is 9.90. The SMILES string of the molecule is COC(=O)c1ccc(OC2OC(CO)C(OCC(O)C(O)C(OC3OC(C)C(NC4C=C(CO)C(O)C(O)C4O)C(O)C3O)C(O)CO)C(O)C2O)cc1. The van der Waals surface area contributed by atoms with Gasteiger partial charge in [-0.3, -0.25) is 0 Å². The summed E-state index contributed by atoms with van der Waals surface area (Å²) in [5, 5.41) is 138. The van der Waals surface area contributed by atoms with Crippen LogP contribution in [0.2, 0.25) is 0 Å². The molecule has 2 fully saturated rings. The quantitative estimate of drug-likeness (QED) is 0.0547. The molecule has 0 bridgehead atoms. The zero-order chi connectivity index (χ0) is 40.0. The van der Waals surface area contributed by atoms with Gasteiger partial charge in [-0.15, -0.1) is 0 Å². The first-order chi connectivity index (χ1) is 25.6. The summed E-state index contributed by atoms with van der Waals surface area (Å²) < 4.78 is 32.6. The molecule has 18 unspecified atom stereocenters. The molecule has 21 heteroatoms. The van der Waals surface area contributed by atoms with E-state index < -0.39 is 143 Å². The summed E-state index contributed by atoms with van der Waals surface area (Å²) in [7, 11) is 1.21. The fourth-order valence-electron chi connectivity index (χ4n) is 6.40. The maximum Gasteiger partial charge on any atom is 0.337 e. The summed E-state index contributed by atoms with van der Waals surface area (Å²) in [6.45, 7) is -1.83. The molecule has 0 spiro atoms. The van der Waals surface area contributed by atoms with Crippen molar-refractivity contribution in [3.05, 3.63) is 41.5 Å². The Morgan fingerprint density at radius 3 is 2.07 bits per heavy atom. The first-order valence-electron chi connectivity index (χ1n) is 17.1. The van der Waals surface area contributed by atoms with Crippen molar-refractivity contribution in [1.82, 2.24) is 5.32 Å². The van der Waals surface area contributed by atoms with Crippen molar-refractivity contribution in [1.29, 1.82) is 0 Å². The number of hydrogen-bond acceptors (Lipinski definition) is 21. The normalized spacial score (nSPS) is 38.2. The zero-order valence-corrected chi connectivity index (χ0v) is 29.3. The van der Waals surface area contributed by atoms with Crippen LogP contribution in [0.25, 0.3) is 0 Å². The minimum atomic E-state index is -2.10. The monoisotopic (exact) mass is 781 g/mol. The average molecular weight is 782 g/mol. The highest BCUT2D eigenvalue weighted by molar-refractivity contribution is 5.89. The van der Waals surface area contributed by atoms with Crippen LogP contribution < -0.4 is 10.1 Å². The van der Waals surface area contributed by atoms with Crippen LogP contribution in [0, 0.1) is 0 Å². The summed E-state index contributed by atoms with van der Waals surface area (Å²) in [4.78, 5) is 11.7. The van der Waals surface area contributed by atoms with Crippen LogP contribution in [0.1, 0.15) is 17.3 Å². The molecule has 18 atom stereocenters. The predicted octanol–water partition coefficient (Wildman–Crippen LogP) is -7.06. The van der Waals surface area contributed by atoms with Gasteiger partial charge in [0.05, 0.1) is 57.3 Å². The molecular formula is C33H51NO20. The van der Waals surface area contributed by atoms with Crippen molar-refractivity contribution in [3.63, 3.8) is 0 Å². The Bertz CT molecular complexity index is 1350. The summed E-state index contributed by atoms with van der Waals surface area (Å²) >= 11 is 0. The van der Waals surface area contributed by atoms with Gasteiger partial charge < -0.3 is 100 Å². The number of methoxy groups -OCH3 is 1. The molecule has 0 saturated carbocycles. The van der Waals surface area contributed by atoms with E-state index in [1.807, 2.05) is 0 Å². The molecule has 4 rings (SSSR count). The van der Waals surface area contributed by atoms with Crippen LogP contribution in [0.3, 0.4) is 0 Å². The summed E-state index contributed by atoms with van der Waals surface area (Å²) in [5.41, 5.74) is 0.209. The topological polar surface area (TPSA) is 347 Å². The van der Waals surface area contributed by atoms with Crippen LogP contribution in [-0.2, 0) is 23.7 Å². The highest BCUT2D eigenvalue weighted by atomic mass is 16.7. The number of nitrogens with one attached hydrogen (secondary N) is 1. The van der Waals surface area contributed by atoms with Gasteiger partial charge in [0.25, 0.3) is 0 Å². The fraction of sp³-hybridized carbons (Fsp3) is 0.727. The largest absolute Gasteiger partial charge is 0.465 e. The number of hydrogen-bond donors (Lipinski definition) is 14. The lowest BCUT2D eigenvalue weighted by Crippen LogP contribution is -2.67. The number of benzene rings is 1. The number of esters is 1.